The molecular formula is C21H24BrN3O5. The highest BCUT2D eigenvalue weighted by atomic mass is 79.9. The molecule has 2 rings (SSSR count). The van der Waals surface area contributed by atoms with Crippen LogP contribution < -0.4 is 20.2 Å². The molecule has 0 bridgehead atoms. The summed E-state index contributed by atoms with van der Waals surface area (Å²) in [5, 5.41) is 16.5. The summed E-state index contributed by atoms with van der Waals surface area (Å²) in [5.41, 5.74) is 3.54. The number of benzene rings is 2. The Morgan fingerprint density at radius 2 is 1.77 bits per heavy atom. The van der Waals surface area contributed by atoms with Crippen LogP contribution in [-0.4, -0.2) is 37.4 Å². The molecule has 0 aliphatic heterocycles. The third-order valence-electron chi connectivity index (χ3n) is 4.25. The van der Waals surface area contributed by atoms with Gasteiger partial charge in [0.15, 0.2) is 11.5 Å². The first-order chi connectivity index (χ1) is 14.3. The lowest BCUT2D eigenvalue weighted by molar-refractivity contribution is -0.134. The minimum Gasteiger partial charge on any atom is -0.503 e. The van der Waals surface area contributed by atoms with Crippen molar-refractivity contribution in [1.29, 1.82) is 0 Å². The number of nitrogens with one attached hydrogen (secondary N) is 2. The van der Waals surface area contributed by atoms with Crippen molar-refractivity contribution in [3.63, 3.8) is 0 Å². The first kappa shape index (κ1) is 23.2. The Labute approximate surface area is 183 Å². The summed E-state index contributed by atoms with van der Waals surface area (Å²) in [6.45, 7) is 3.56. The molecule has 0 aromatic heterocycles. The highest BCUT2D eigenvalue weighted by Gasteiger charge is 2.30. The Bertz CT molecular complexity index is 929. The number of halogens is 1. The number of ether oxygens (including phenoxy) is 2. The molecule has 2 aromatic carbocycles. The topological polar surface area (TPSA) is 109 Å². The predicted molar refractivity (Wildman–Crippen MR) is 118 cm³/mol. The highest BCUT2D eigenvalue weighted by Crippen LogP contribution is 2.34. The van der Waals surface area contributed by atoms with Crippen molar-refractivity contribution < 1.29 is 24.2 Å². The van der Waals surface area contributed by atoms with Crippen molar-refractivity contribution in [1.82, 2.24) is 5.43 Å². The van der Waals surface area contributed by atoms with Gasteiger partial charge < -0.3 is 19.9 Å². The van der Waals surface area contributed by atoms with Gasteiger partial charge in [-0.25, -0.2) is 5.43 Å². The molecule has 2 amide bonds. The van der Waals surface area contributed by atoms with Crippen molar-refractivity contribution in [2.75, 3.05) is 19.5 Å². The van der Waals surface area contributed by atoms with Crippen LogP contribution >= 0.6 is 15.9 Å². The number of carbonyl (C=O) groups is 2. The number of hydrogen-bond acceptors (Lipinski definition) is 6. The van der Waals surface area contributed by atoms with Crippen LogP contribution in [0.25, 0.3) is 0 Å². The first-order valence-electron chi connectivity index (χ1n) is 9.11. The van der Waals surface area contributed by atoms with E-state index in [1.165, 1.54) is 13.3 Å². The quantitative estimate of drug-likeness (QED) is 0.306. The second kappa shape index (κ2) is 10.6. The van der Waals surface area contributed by atoms with Crippen LogP contribution in [0.5, 0.6) is 17.2 Å². The van der Waals surface area contributed by atoms with Crippen molar-refractivity contribution >= 4 is 39.6 Å². The third kappa shape index (κ3) is 5.96. The van der Waals surface area contributed by atoms with E-state index in [1.807, 2.05) is 0 Å². The van der Waals surface area contributed by atoms with Crippen molar-refractivity contribution in [3.8, 4) is 17.2 Å². The molecule has 30 heavy (non-hydrogen) atoms. The molecule has 9 heteroatoms. The van der Waals surface area contributed by atoms with Crippen LogP contribution in [-0.2, 0) is 9.59 Å². The molecule has 3 N–H and O–H groups in total. The number of nitrogens with zero attached hydrogens (tertiary/aromatic N) is 1. The lowest BCUT2D eigenvalue weighted by Gasteiger charge is -2.18. The number of methoxy groups -OCH3 is 2. The van der Waals surface area contributed by atoms with Gasteiger partial charge in [-0.05, 0) is 63.8 Å². The number of phenols is 1. The molecule has 0 radical (unpaired) electrons. The van der Waals surface area contributed by atoms with Gasteiger partial charge in [0.05, 0.1) is 24.9 Å². The summed E-state index contributed by atoms with van der Waals surface area (Å²) in [7, 11) is 2.99. The lowest BCUT2D eigenvalue weighted by atomic mass is 9.94. The Hall–Kier alpha value is -3.07. The van der Waals surface area contributed by atoms with E-state index in [1.54, 1.807) is 57.4 Å². The Kier molecular flexibility index (Phi) is 8.23. The van der Waals surface area contributed by atoms with Gasteiger partial charge in [-0.2, -0.15) is 5.10 Å². The zero-order valence-corrected chi connectivity index (χ0v) is 18.7. The number of amides is 2. The van der Waals surface area contributed by atoms with Crippen molar-refractivity contribution in [2.45, 2.75) is 13.8 Å². The summed E-state index contributed by atoms with van der Waals surface area (Å²) >= 11 is 3.22. The van der Waals surface area contributed by atoms with Crippen molar-refractivity contribution in [3.05, 3.63) is 46.4 Å². The molecule has 0 aliphatic rings. The van der Waals surface area contributed by atoms with Gasteiger partial charge in [0.1, 0.15) is 11.7 Å². The number of anilines is 1. The van der Waals surface area contributed by atoms with E-state index in [0.717, 1.165) is 0 Å². The average molecular weight is 478 g/mol. The van der Waals surface area contributed by atoms with Crippen LogP contribution in [0.3, 0.4) is 0 Å². The lowest BCUT2D eigenvalue weighted by Crippen LogP contribution is -2.39. The molecule has 1 atom stereocenters. The maximum absolute atomic E-state index is 12.6. The summed E-state index contributed by atoms with van der Waals surface area (Å²) < 4.78 is 10.6. The fourth-order valence-electron chi connectivity index (χ4n) is 2.68. The smallest absolute Gasteiger partial charge is 0.252 e. The average Bonchev–Trinajstić information content (AvgIpc) is 2.70. The Balaban J connectivity index is 2.07. The van der Waals surface area contributed by atoms with Gasteiger partial charge in [-0.3, -0.25) is 9.59 Å². The highest BCUT2D eigenvalue weighted by molar-refractivity contribution is 9.10. The summed E-state index contributed by atoms with van der Waals surface area (Å²) in [6, 6.07) is 10.00. The van der Waals surface area contributed by atoms with Gasteiger partial charge in [0, 0.05) is 5.69 Å². The molecule has 1 unspecified atom stereocenters. The predicted octanol–water partition coefficient (Wildman–Crippen LogP) is 3.53. The molecule has 0 spiro atoms. The summed E-state index contributed by atoms with van der Waals surface area (Å²) in [6.07, 6.45) is 1.39. The molecule has 0 heterocycles. The fraction of sp³-hybridized carbons (Fsp3) is 0.286. The minimum absolute atomic E-state index is 0.0336. The van der Waals surface area contributed by atoms with E-state index in [0.29, 0.717) is 21.5 Å². The normalized spacial score (nSPS) is 11.9. The van der Waals surface area contributed by atoms with E-state index in [4.69, 9.17) is 9.47 Å². The molecule has 2 aromatic rings. The maximum Gasteiger partial charge on any atom is 0.252 e. The summed E-state index contributed by atoms with van der Waals surface area (Å²) in [5.74, 6) is -1.26. The Morgan fingerprint density at radius 1 is 1.10 bits per heavy atom. The van der Waals surface area contributed by atoms with E-state index in [-0.39, 0.29) is 17.4 Å². The van der Waals surface area contributed by atoms with Crippen LogP contribution in [0, 0.1) is 11.8 Å². The van der Waals surface area contributed by atoms with E-state index >= 15 is 0 Å². The zero-order valence-electron chi connectivity index (χ0n) is 17.1. The Morgan fingerprint density at radius 3 is 2.33 bits per heavy atom. The second-order valence-electron chi connectivity index (χ2n) is 6.73. The third-order valence-corrected chi connectivity index (χ3v) is 4.85. The van der Waals surface area contributed by atoms with Gasteiger partial charge in [-0.15, -0.1) is 0 Å². The van der Waals surface area contributed by atoms with Crippen LogP contribution in [0.2, 0.25) is 0 Å². The molecular weight excluding hydrogens is 454 g/mol. The van der Waals surface area contributed by atoms with E-state index in [2.05, 4.69) is 31.8 Å². The van der Waals surface area contributed by atoms with Gasteiger partial charge in [0.2, 0.25) is 5.91 Å². The molecule has 0 saturated carbocycles. The number of hydrazone groups is 1. The maximum atomic E-state index is 12.6. The largest absolute Gasteiger partial charge is 0.503 e. The number of aromatic hydroxyl groups is 1. The zero-order chi connectivity index (χ0) is 22.3. The monoisotopic (exact) mass is 477 g/mol. The number of rotatable bonds is 8. The van der Waals surface area contributed by atoms with Gasteiger partial charge in [-0.1, -0.05) is 13.8 Å². The number of carbonyl (C=O) groups excluding carboxylic acids is 2. The molecule has 0 aliphatic carbocycles. The SMILES string of the molecule is COc1ccc(NC(=O)C(C(=O)NN=Cc2cc(Br)c(O)c(OC)c2)C(C)C)cc1. The molecule has 160 valence electrons. The summed E-state index contributed by atoms with van der Waals surface area (Å²) in [4.78, 5) is 25.2. The van der Waals surface area contributed by atoms with E-state index in [9.17, 15) is 14.7 Å². The number of hydrogen-bond donors (Lipinski definition) is 3. The van der Waals surface area contributed by atoms with Crippen LogP contribution in [0.4, 0.5) is 5.69 Å². The van der Waals surface area contributed by atoms with Crippen molar-refractivity contribution in [2.24, 2.45) is 16.9 Å². The first-order valence-corrected chi connectivity index (χ1v) is 9.90. The standard InChI is InChI=1S/C21H24BrN3O5/c1-12(2)18(20(27)24-14-5-7-15(29-3)8-6-14)21(28)25-23-11-13-9-16(22)19(26)17(10-13)30-4/h5-12,18,26H,1-4H3,(H,24,27)(H,25,28). The number of phenolic OH excluding ortho intramolecular Hbond substituents is 1. The van der Waals surface area contributed by atoms with Gasteiger partial charge >= 0.3 is 0 Å². The molecule has 8 nitrogen and oxygen atoms in total. The van der Waals surface area contributed by atoms with Crippen LogP contribution in [0.1, 0.15) is 19.4 Å². The van der Waals surface area contributed by atoms with E-state index < -0.39 is 17.7 Å². The van der Waals surface area contributed by atoms with Gasteiger partial charge in [0.25, 0.3) is 5.91 Å². The molecule has 0 fully saturated rings. The van der Waals surface area contributed by atoms with Crippen LogP contribution in [0.15, 0.2) is 46.0 Å². The minimum atomic E-state index is -0.939. The fourth-order valence-corrected chi connectivity index (χ4v) is 3.14. The second-order valence-corrected chi connectivity index (χ2v) is 7.58. The molecule has 0 saturated heterocycles.